The van der Waals surface area contributed by atoms with Gasteiger partial charge >= 0.3 is 0 Å². The minimum absolute atomic E-state index is 0.0611. The maximum Gasteiger partial charge on any atom is 0.124 e. The first-order valence-electron chi connectivity index (χ1n) is 6.11. The summed E-state index contributed by atoms with van der Waals surface area (Å²) >= 11 is 6.02. The predicted octanol–water partition coefficient (Wildman–Crippen LogP) is 1.83. The average Bonchev–Trinajstić information content (AvgIpc) is 2.38. The van der Waals surface area contributed by atoms with Gasteiger partial charge in [0.15, 0.2) is 0 Å². The SMILES string of the molecule is N=C(N)c1ccc(Cl)cc1N1CCC(CO)CC1. The normalized spacial score (nSPS) is 16.9. The molecule has 0 unspecified atom stereocenters. The van der Waals surface area contributed by atoms with E-state index in [-0.39, 0.29) is 12.4 Å². The molecule has 0 radical (unpaired) electrons. The maximum atomic E-state index is 9.14. The lowest BCUT2D eigenvalue weighted by atomic mass is 9.97. The summed E-state index contributed by atoms with van der Waals surface area (Å²) in [5.41, 5.74) is 7.24. The molecular formula is C13H18ClN3O. The monoisotopic (exact) mass is 267 g/mol. The predicted molar refractivity (Wildman–Crippen MR) is 74.5 cm³/mol. The Labute approximate surface area is 112 Å². The molecule has 1 aliphatic heterocycles. The summed E-state index contributed by atoms with van der Waals surface area (Å²) in [6.07, 6.45) is 1.92. The number of nitrogens with zero attached hydrogens (tertiary/aromatic N) is 1. The Morgan fingerprint density at radius 3 is 2.67 bits per heavy atom. The molecule has 4 nitrogen and oxygen atoms in total. The second-order valence-corrected chi connectivity index (χ2v) is 5.12. The highest BCUT2D eigenvalue weighted by atomic mass is 35.5. The van der Waals surface area contributed by atoms with Gasteiger partial charge in [-0.05, 0) is 37.0 Å². The van der Waals surface area contributed by atoms with Crippen LogP contribution in [0.25, 0.3) is 0 Å². The number of aliphatic hydroxyl groups excluding tert-OH is 1. The van der Waals surface area contributed by atoms with E-state index < -0.39 is 0 Å². The van der Waals surface area contributed by atoms with Gasteiger partial charge in [0.25, 0.3) is 0 Å². The molecule has 18 heavy (non-hydrogen) atoms. The Kier molecular flexibility index (Phi) is 4.09. The number of nitrogens with two attached hydrogens (primary N) is 1. The van der Waals surface area contributed by atoms with E-state index in [9.17, 15) is 0 Å². The molecule has 2 rings (SSSR count). The number of nitrogen functional groups attached to an aromatic ring is 1. The van der Waals surface area contributed by atoms with Crippen molar-refractivity contribution < 1.29 is 5.11 Å². The molecule has 0 saturated carbocycles. The smallest absolute Gasteiger partial charge is 0.124 e. The number of anilines is 1. The van der Waals surface area contributed by atoms with E-state index in [1.807, 2.05) is 6.07 Å². The van der Waals surface area contributed by atoms with Crippen molar-refractivity contribution in [2.24, 2.45) is 11.7 Å². The number of nitrogens with one attached hydrogen (secondary N) is 1. The Morgan fingerprint density at radius 1 is 1.44 bits per heavy atom. The van der Waals surface area contributed by atoms with E-state index in [0.717, 1.165) is 37.2 Å². The zero-order valence-corrected chi connectivity index (χ0v) is 11.0. The molecule has 0 bridgehead atoms. The van der Waals surface area contributed by atoms with Gasteiger partial charge < -0.3 is 15.7 Å². The van der Waals surface area contributed by atoms with Crippen molar-refractivity contribution in [2.75, 3.05) is 24.6 Å². The van der Waals surface area contributed by atoms with Crippen LogP contribution in [0.15, 0.2) is 18.2 Å². The number of hydrogen-bond donors (Lipinski definition) is 3. The number of halogens is 1. The van der Waals surface area contributed by atoms with Gasteiger partial charge in [-0.15, -0.1) is 0 Å². The minimum atomic E-state index is 0.0611. The lowest BCUT2D eigenvalue weighted by Gasteiger charge is -2.34. The van der Waals surface area contributed by atoms with E-state index in [4.69, 9.17) is 27.9 Å². The van der Waals surface area contributed by atoms with Crippen LogP contribution < -0.4 is 10.6 Å². The molecule has 0 atom stereocenters. The van der Waals surface area contributed by atoms with Crippen LogP contribution in [0.3, 0.4) is 0 Å². The first-order chi connectivity index (χ1) is 8.61. The third-order valence-corrected chi connectivity index (χ3v) is 3.70. The van der Waals surface area contributed by atoms with E-state index in [0.29, 0.717) is 10.9 Å². The average molecular weight is 268 g/mol. The number of piperidine rings is 1. The number of aliphatic hydroxyl groups is 1. The van der Waals surface area contributed by atoms with Crippen LogP contribution in [-0.4, -0.2) is 30.6 Å². The summed E-state index contributed by atoms with van der Waals surface area (Å²) in [5, 5.41) is 17.4. The van der Waals surface area contributed by atoms with Crippen LogP contribution in [0.5, 0.6) is 0 Å². The molecule has 1 aliphatic rings. The Morgan fingerprint density at radius 2 is 2.11 bits per heavy atom. The van der Waals surface area contributed by atoms with Crippen LogP contribution in [0.2, 0.25) is 5.02 Å². The van der Waals surface area contributed by atoms with Gasteiger partial charge in [0, 0.05) is 36.0 Å². The third kappa shape index (κ3) is 2.76. The fraction of sp³-hybridized carbons (Fsp3) is 0.462. The van der Waals surface area contributed by atoms with Crippen molar-refractivity contribution in [1.82, 2.24) is 0 Å². The molecule has 0 aromatic heterocycles. The number of benzene rings is 1. The van der Waals surface area contributed by atoms with Gasteiger partial charge in [-0.2, -0.15) is 0 Å². The molecule has 5 heteroatoms. The van der Waals surface area contributed by atoms with Crippen LogP contribution in [0.4, 0.5) is 5.69 Å². The molecule has 1 saturated heterocycles. The van der Waals surface area contributed by atoms with E-state index >= 15 is 0 Å². The molecule has 1 fully saturated rings. The van der Waals surface area contributed by atoms with Crippen molar-refractivity contribution in [3.05, 3.63) is 28.8 Å². The van der Waals surface area contributed by atoms with Gasteiger partial charge in [-0.25, -0.2) is 0 Å². The summed E-state index contributed by atoms with van der Waals surface area (Å²) in [6, 6.07) is 5.40. The van der Waals surface area contributed by atoms with Crippen LogP contribution >= 0.6 is 11.6 Å². The van der Waals surface area contributed by atoms with Crippen LogP contribution in [0.1, 0.15) is 18.4 Å². The first kappa shape index (κ1) is 13.2. The largest absolute Gasteiger partial charge is 0.396 e. The molecule has 1 aromatic carbocycles. The summed E-state index contributed by atoms with van der Waals surface area (Å²) in [5.74, 6) is 0.451. The van der Waals surface area contributed by atoms with Gasteiger partial charge in [-0.3, -0.25) is 5.41 Å². The summed E-state index contributed by atoms with van der Waals surface area (Å²) in [6.45, 7) is 1.99. The quantitative estimate of drug-likeness (QED) is 0.578. The summed E-state index contributed by atoms with van der Waals surface area (Å²) in [4.78, 5) is 2.19. The highest BCUT2D eigenvalue weighted by molar-refractivity contribution is 6.31. The van der Waals surface area contributed by atoms with E-state index in [1.54, 1.807) is 12.1 Å². The second-order valence-electron chi connectivity index (χ2n) is 4.69. The lowest BCUT2D eigenvalue weighted by Crippen LogP contribution is -2.36. The maximum absolute atomic E-state index is 9.14. The highest BCUT2D eigenvalue weighted by Gasteiger charge is 2.21. The fourth-order valence-corrected chi connectivity index (χ4v) is 2.52. The van der Waals surface area contributed by atoms with E-state index in [1.165, 1.54) is 0 Å². The van der Waals surface area contributed by atoms with Crippen LogP contribution in [-0.2, 0) is 0 Å². The zero-order chi connectivity index (χ0) is 13.1. The zero-order valence-electron chi connectivity index (χ0n) is 10.2. The molecule has 0 amide bonds. The van der Waals surface area contributed by atoms with Gasteiger partial charge in [0.05, 0.1) is 0 Å². The Hall–Kier alpha value is -1.26. The highest BCUT2D eigenvalue weighted by Crippen LogP contribution is 2.28. The third-order valence-electron chi connectivity index (χ3n) is 3.46. The standard InChI is InChI=1S/C13H18ClN3O/c14-10-1-2-11(13(15)16)12(7-10)17-5-3-9(8-18)4-6-17/h1-2,7,9,18H,3-6,8H2,(H3,15,16). The van der Waals surface area contributed by atoms with Crippen molar-refractivity contribution >= 4 is 23.1 Å². The number of amidine groups is 1. The number of hydrogen-bond acceptors (Lipinski definition) is 3. The Bertz CT molecular complexity index is 442. The van der Waals surface area contributed by atoms with Gasteiger partial charge in [0.1, 0.15) is 5.84 Å². The Balaban J connectivity index is 2.22. The lowest BCUT2D eigenvalue weighted by molar-refractivity contribution is 0.203. The number of rotatable bonds is 3. The molecule has 4 N–H and O–H groups in total. The van der Waals surface area contributed by atoms with Crippen LogP contribution in [0, 0.1) is 11.3 Å². The van der Waals surface area contributed by atoms with Crippen molar-refractivity contribution in [3.63, 3.8) is 0 Å². The van der Waals surface area contributed by atoms with Gasteiger partial charge in [-0.1, -0.05) is 11.6 Å². The molecule has 1 heterocycles. The van der Waals surface area contributed by atoms with Crippen molar-refractivity contribution in [2.45, 2.75) is 12.8 Å². The molecule has 0 aliphatic carbocycles. The van der Waals surface area contributed by atoms with Crippen molar-refractivity contribution in [3.8, 4) is 0 Å². The fourth-order valence-electron chi connectivity index (χ4n) is 2.35. The topological polar surface area (TPSA) is 73.3 Å². The molecule has 1 aromatic rings. The summed E-state index contributed by atoms with van der Waals surface area (Å²) < 4.78 is 0. The molecular weight excluding hydrogens is 250 g/mol. The second kappa shape index (κ2) is 5.59. The summed E-state index contributed by atoms with van der Waals surface area (Å²) in [7, 11) is 0. The molecule has 98 valence electrons. The van der Waals surface area contributed by atoms with E-state index in [2.05, 4.69) is 4.90 Å². The minimum Gasteiger partial charge on any atom is -0.396 e. The van der Waals surface area contributed by atoms with Gasteiger partial charge in [0.2, 0.25) is 0 Å². The molecule has 0 spiro atoms. The first-order valence-corrected chi connectivity index (χ1v) is 6.49. The van der Waals surface area contributed by atoms with Crippen molar-refractivity contribution in [1.29, 1.82) is 5.41 Å².